The summed E-state index contributed by atoms with van der Waals surface area (Å²) < 4.78 is 32.7. The van der Waals surface area contributed by atoms with E-state index in [2.05, 4.69) is 9.71 Å². The Hall–Kier alpha value is -2.45. The molecule has 0 spiro atoms. The normalized spacial score (nSPS) is 15.5. The van der Waals surface area contributed by atoms with Gasteiger partial charge in [-0.3, -0.25) is 9.78 Å². The van der Waals surface area contributed by atoms with Crippen molar-refractivity contribution in [3.8, 4) is 5.75 Å². The van der Waals surface area contributed by atoms with Crippen LogP contribution in [0.3, 0.4) is 0 Å². The molecular formula is C19H23N3O4S. The second-order valence-corrected chi connectivity index (χ2v) is 8.27. The molecule has 8 heteroatoms. The van der Waals surface area contributed by atoms with Crippen LogP contribution in [0.5, 0.6) is 5.75 Å². The van der Waals surface area contributed by atoms with Gasteiger partial charge in [0.1, 0.15) is 5.75 Å². The van der Waals surface area contributed by atoms with E-state index in [9.17, 15) is 13.2 Å². The van der Waals surface area contributed by atoms with E-state index in [1.165, 1.54) is 13.2 Å². The average Bonchev–Trinajstić information content (AvgIpc) is 2.73. The van der Waals surface area contributed by atoms with E-state index in [4.69, 9.17) is 4.74 Å². The number of benzene rings is 1. The zero-order valence-electron chi connectivity index (χ0n) is 15.2. The lowest BCUT2D eigenvalue weighted by molar-refractivity contribution is 0.0692. The van der Waals surface area contributed by atoms with Crippen LogP contribution in [0.25, 0.3) is 0 Å². The number of piperidine rings is 1. The molecule has 1 amide bonds. The van der Waals surface area contributed by atoms with Crippen LogP contribution < -0.4 is 9.46 Å². The average molecular weight is 389 g/mol. The molecule has 3 rings (SSSR count). The first-order chi connectivity index (χ1) is 13.0. The van der Waals surface area contributed by atoms with Crippen LogP contribution in [0.1, 0.15) is 23.2 Å². The van der Waals surface area contributed by atoms with Crippen molar-refractivity contribution in [3.05, 3.63) is 54.4 Å². The summed E-state index contributed by atoms with van der Waals surface area (Å²) in [5.41, 5.74) is 0.627. The van der Waals surface area contributed by atoms with Crippen molar-refractivity contribution in [2.75, 3.05) is 26.7 Å². The Morgan fingerprint density at radius 1 is 1.22 bits per heavy atom. The lowest BCUT2D eigenvalue weighted by Crippen LogP contribution is -2.41. The Morgan fingerprint density at radius 2 is 1.93 bits per heavy atom. The predicted molar refractivity (Wildman–Crippen MR) is 101 cm³/mol. The van der Waals surface area contributed by atoms with Crippen LogP contribution in [0.2, 0.25) is 0 Å². The fourth-order valence-corrected chi connectivity index (χ4v) is 4.25. The first-order valence-electron chi connectivity index (χ1n) is 8.82. The molecule has 1 aliphatic heterocycles. The molecule has 1 aliphatic rings. The Morgan fingerprint density at radius 3 is 2.59 bits per heavy atom. The standard InChI is InChI=1S/C19H23N3O4S/c1-26-17-3-2-4-18(13-17)27(24,25)21-14-15-7-11-22(12-8-15)19(23)16-5-9-20-10-6-16/h2-6,9-10,13,15,21H,7-8,11-12,14H2,1H3. The molecule has 7 nitrogen and oxygen atoms in total. The number of ether oxygens (including phenoxy) is 1. The second-order valence-electron chi connectivity index (χ2n) is 6.50. The number of likely N-dealkylation sites (tertiary alicyclic amines) is 1. The number of carbonyl (C=O) groups excluding carboxylic acids is 1. The van der Waals surface area contributed by atoms with Crippen LogP contribution >= 0.6 is 0 Å². The number of methoxy groups -OCH3 is 1. The molecule has 1 aromatic heterocycles. The van der Waals surface area contributed by atoms with E-state index in [1.807, 2.05) is 4.90 Å². The quantitative estimate of drug-likeness (QED) is 0.815. The van der Waals surface area contributed by atoms with Crippen molar-refractivity contribution in [3.63, 3.8) is 0 Å². The number of hydrogen-bond donors (Lipinski definition) is 1. The number of sulfonamides is 1. The molecule has 2 aromatic rings. The summed E-state index contributed by atoms with van der Waals surface area (Å²) in [6.45, 7) is 1.59. The summed E-state index contributed by atoms with van der Waals surface area (Å²) in [4.78, 5) is 18.4. The number of amides is 1. The third-order valence-corrected chi connectivity index (χ3v) is 6.16. The van der Waals surface area contributed by atoms with Gasteiger partial charge in [0.2, 0.25) is 10.0 Å². The van der Waals surface area contributed by atoms with Gasteiger partial charge in [-0.1, -0.05) is 6.07 Å². The minimum absolute atomic E-state index is 0.00666. The number of aromatic nitrogens is 1. The van der Waals surface area contributed by atoms with Gasteiger partial charge >= 0.3 is 0 Å². The van der Waals surface area contributed by atoms with E-state index < -0.39 is 10.0 Å². The Bertz CT molecular complexity index is 879. The Labute approximate surface area is 159 Å². The van der Waals surface area contributed by atoms with Gasteiger partial charge in [-0.25, -0.2) is 13.1 Å². The lowest BCUT2D eigenvalue weighted by Gasteiger charge is -2.32. The third-order valence-electron chi connectivity index (χ3n) is 4.74. The summed E-state index contributed by atoms with van der Waals surface area (Å²) >= 11 is 0. The number of nitrogens with one attached hydrogen (secondary N) is 1. The molecule has 1 N–H and O–H groups in total. The maximum Gasteiger partial charge on any atom is 0.253 e. The van der Waals surface area contributed by atoms with Crippen LogP contribution in [-0.2, 0) is 10.0 Å². The largest absolute Gasteiger partial charge is 0.497 e. The van der Waals surface area contributed by atoms with Crippen LogP contribution in [0, 0.1) is 5.92 Å². The van der Waals surface area contributed by atoms with Crippen molar-refractivity contribution in [2.24, 2.45) is 5.92 Å². The van der Waals surface area contributed by atoms with Crippen molar-refractivity contribution in [1.82, 2.24) is 14.6 Å². The zero-order chi connectivity index (χ0) is 19.3. The second kappa shape index (κ2) is 8.49. The molecule has 27 heavy (non-hydrogen) atoms. The zero-order valence-corrected chi connectivity index (χ0v) is 16.0. The minimum atomic E-state index is -3.58. The SMILES string of the molecule is COc1cccc(S(=O)(=O)NCC2CCN(C(=O)c3ccncc3)CC2)c1. The summed E-state index contributed by atoms with van der Waals surface area (Å²) in [5, 5.41) is 0. The maximum atomic E-state index is 12.5. The molecule has 1 saturated heterocycles. The molecule has 0 bridgehead atoms. The minimum Gasteiger partial charge on any atom is -0.497 e. The molecule has 2 heterocycles. The van der Waals surface area contributed by atoms with Gasteiger partial charge in [-0.2, -0.15) is 0 Å². The highest BCUT2D eigenvalue weighted by atomic mass is 32.2. The van der Waals surface area contributed by atoms with Gasteiger partial charge in [0.15, 0.2) is 0 Å². The molecule has 0 atom stereocenters. The van der Waals surface area contributed by atoms with Gasteiger partial charge in [0, 0.05) is 43.7 Å². The summed E-state index contributed by atoms with van der Waals surface area (Å²) in [7, 11) is -2.08. The van der Waals surface area contributed by atoms with Gasteiger partial charge in [0.05, 0.1) is 12.0 Å². The van der Waals surface area contributed by atoms with Crippen LogP contribution in [0.15, 0.2) is 53.7 Å². The van der Waals surface area contributed by atoms with E-state index in [1.54, 1.807) is 42.7 Å². The smallest absolute Gasteiger partial charge is 0.253 e. The third kappa shape index (κ3) is 4.84. The van der Waals surface area contributed by atoms with E-state index in [0.717, 1.165) is 12.8 Å². The van der Waals surface area contributed by atoms with Crippen molar-refractivity contribution >= 4 is 15.9 Å². The topological polar surface area (TPSA) is 88.6 Å². The van der Waals surface area contributed by atoms with Crippen molar-refractivity contribution in [1.29, 1.82) is 0 Å². The number of carbonyl (C=O) groups is 1. The number of rotatable bonds is 6. The monoisotopic (exact) mass is 389 g/mol. The predicted octanol–water partition coefficient (Wildman–Crippen LogP) is 1.92. The number of nitrogens with zero attached hydrogens (tertiary/aromatic N) is 2. The highest BCUT2D eigenvalue weighted by Crippen LogP contribution is 2.20. The molecule has 0 unspecified atom stereocenters. The Balaban J connectivity index is 1.52. The van der Waals surface area contributed by atoms with Crippen molar-refractivity contribution in [2.45, 2.75) is 17.7 Å². The van der Waals surface area contributed by atoms with Gasteiger partial charge in [-0.15, -0.1) is 0 Å². The summed E-state index contributed by atoms with van der Waals surface area (Å²) in [5.74, 6) is 0.695. The molecule has 144 valence electrons. The van der Waals surface area contributed by atoms with E-state index >= 15 is 0 Å². The lowest BCUT2D eigenvalue weighted by atomic mass is 9.97. The maximum absolute atomic E-state index is 12.5. The summed E-state index contributed by atoms with van der Waals surface area (Å²) in [6.07, 6.45) is 4.73. The summed E-state index contributed by atoms with van der Waals surface area (Å²) in [6, 6.07) is 9.80. The molecule has 0 aliphatic carbocycles. The first-order valence-corrected chi connectivity index (χ1v) is 10.3. The van der Waals surface area contributed by atoms with Crippen LogP contribution in [0.4, 0.5) is 0 Å². The number of hydrogen-bond acceptors (Lipinski definition) is 5. The molecular weight excluding hydrogens is 366 g/mol. The highest BCUT2D eigenvalue weighted by Gasteiger charge is 2.25. The fourth-order valence-electron chi connectivity index (χ4n) is 3.10. The fraction of sp³-hybridized carbons (Fsp3) is 0.368. The molecule has 0 radical (unpaired) electrons. The molecule has 0 saturated carbocycles. The highest BCUT2D eigenvalue weighted by molar-refractivity contribution is 7.89. The van der Waals surface area contributed by atoms with Gasteiger partial charge in [0.25, 0.3) is 5.91 Å². The van der Waals surface area contributed by atoms with E-state index in [-0.39, 0.29) is 16.7 Å². The number of pyridine rings is 1. The first kappa shape index (κ1) is 19.3. The van der Waals surface area contributed by atoms with Gasteiger partial charge < -0.3 is 9.64 Å². The Kier molecular flexibility index (Phi) is 6.08. The molecule has 1 fully saturated rings. The van der Waals surface area contributed by atoms with Gasteiger partial charge in [-0.05, 0) is 43.0 Å². The van der Waals surface area contributed by atoms with Crippen molar-refractivity contribution < 1.29 is 17.9 Å². The molecule has 1 aromatic carbocycles. The van der Waals surface area contributed by atoms with E-state index in [0.29, 0.717) is 30.9 Å². The van der Waals surface area contributed by atoms with Crippen LogP contribution in [-0.4, -0.2) is 51.0 Å².